The quantitative estimate of drug-likeness (QED) is 0.689. The number of benzene rings is 1. The average Bonchev–Trinajstić information content (AvgIpc) is 3.64. The molecule has 1 heterocycles. The number of halogens is 3. The van der Waals surface area contributed by atoms with Gasteiger partial charge in [0.05, 0.1) is 6.07 Å². The van der Waals surface area contributed by atoms with E-state index < -0.39 is 11.8 Å². The molecule has 2 fully saturated rings. The average molecular weight is 460 g/mol. The van der Waals surface area contributed by atoms with Gasteiger partial charge in [0.1, 0.15) is 6.04 Å². The zero-order chi connectivity index (χ0) is 23.8. The molecular formula is C25H28F3N3O2. The third-order valence-electron chi connectivity index (χ3n) is 7.26. The lowest BCUT2D eigenvalue weighted by atomic mass is 9.74. The van der Waals surface area contributed by atoms with E-state index in [-0.39, 0.29) is 35.5 Å². The van der Waals surface area contributed by atoms with Gasteiger partial charge in [-0.2, -0.15) is 18.4 Å². The van der Waals surface area contributed by atoms with Crippen LogP contribution in [-0.4, -0.2) is 46.4 Å². The number of carbonyl (C=O) groups is 1. The highest BCUT2D eigenvalue weighted by Crippen LogP contribution is 2.41. The minimum absolute atomic E-state index is 0.0795. The van der Waals surface area contributed by atoms with Crippen molar-refractivity contribution in [2.45, 2.75) is 75.4 Å². The highest BCUT2D eigenvalue weighted by Gasteiger charge is 2.51. The number of carbonyl (C=O) groups excluding carboxylic acids is 1. The van der Waals surface area contributed by atoms with Crippen molar-refractivity contribution >= 4 is 12.1 Å². The fourth-order valence-corrected chi connectivity index (χ4v) is 5.06. The Balaban J connectivity index is 1.44. The number of alkyl halides is 3. The summed E-state index contributed by atoms with van der Waals surface area (Å²) in [4.78, 5) is 19.5. The number of rotatable bonds is 5. The van der Waals surface area contributed by atoms with Gasteiger partial charge in [0.2, 0.25) is 0 Å². The Morgan fingerprint density at radius 2 is 1.67 bits per heavy atom. The number of hydrogen-bond donors (Lipinski definition) is 1. The standard InChI is InChI=1S/C25H28F3N3O2/c1-24(33,25(26,27)28)18-8-4-17(5-9-18)23(32)31(20-12-13-20)19-10-6-16(7-11-19)21-3-2-14-30-22(21)15-29/h2-5,8-9,14,16,19-22,33H,6-7,10-13H2,1H3/t16?,19?,21?,22?,24-/m0/s1. The van der Waals surface area contributed by atoms with Crippen molar-refractivity contribution in [2.24, 2.45) is 16.8 Å². The van der Waals surface area contributed by atoms with Gasteiger partial charge in [-0.3, -0.25) is 9.79 Å². The normalized spacial score (nSPS) is 29.2. The predicted molar refractivity (Wildman–Crippen MR) is 118 cm³/mol. The summed E-state index contributed by atoms with van der Waals surface area (Å²) in [6, 6.07) is 7.28. The Labute approximate surface area is 191 Å². The van der Waals surface area contributed by atoms with Crippen LogP contribution in [0.4, 0.5) is 13.2 Å². The molecule has 2 aliphatic carbocycles. The van der Waals surface area contributed by atoms with Crippen LogP contribution >= 0.6 is 0 Å². The summed E-state index contributed by atoms with van der Waals surface area (Å²) in [7, 11) is 0. The largest absolute Gasteiger partial charge is 0.421 e. The van der Waals surface area contributed by atoms with E-state index in [1.54, 1.807) is 6.21 Å². The van der Waals surface area contributed by atoms with Crippen molar-refractivity contribution in [3.63, 3.8) is 0 Å². The fourth-order valence-electron chi connectivity index (χ4n) is 5.06. The number of allylic oxidation sites excluding steroid dienone is 1. The molecule has 33 heavy (non-hydrogen) atoms. The van der Waals surface area contributed by atoms with Crippen LogP contribution in [0.2, 0.25) is 0 Å². The first kappa shape index (κ1) is 23.5. The number of hydrogen-bond acceptors (Lipinski definition) is 4. The molecule has 3 atom stereocenters. The maximum atomic E-state index is 13.3. The maximum Gasteiger partial charge on any atom is 0.421 e. The van der Waals surface area contributed by atoms with Crippen molar-refractivity contribution < 1.29 is 23.1 Å². The number of nitrogens with zero attached hydrogens (tertiary/aromatic N) is 3. The molecule has 0 saturated heterocycles. The van der Waals surface area contributed by atoms with Crippen molar-refractivity contribution in [3.8, 4) is 6.07 Å². The van der Waals surface area contributed by atoms with Crippen LogP contribution in [0, 0.1) is 23.2 Å². The summed E-state index contributed by atoms with van der Waals surface area (Å²) >= 11 is 0. The van der Waals surface area contributed by atoms with Crippen LogP contribution in [-0.2, 0) is 5.60 Å². The molecule has 0 spiro atoms. The lowest BCUT2D eigenvalue weighted by molar-refractivity contribution is -0.258. The van der Waals surface area contributed by atoms with E-state index in [0.717, 1.165) is 38.5 Å². The molecule has 1 aromatic rings. The van der Waals surface area contributed by atoms with Crippen LogP contribution in [0.25, 0.3) is 0 Å². The Hall–Kier alpha value is -2.66. The number of dihydropyridines is 1. The molecule has 1 aromatic carbocycles. The van der Waals surface area contributed by atoms with E-state index in [1.165, 1.54) is 24.3 Å². The van der Waals surface area contributed by atoms with Crippen LogP contribution in [0.15, 0.2) is 41.4 Å². The smallest absolute Gasteiger partial charge is 0.376 e. The molecule has 8 heteroatoms. The van der Waals surface area contributed by atoms with Gasteiger partial charge >= 0.3 is 6.18 Å². The van der Waals surface area contributed by atoms with Gasteiger partial charge in [0.15, 0.2) is 5.60 Å². The van der Waals surface area contributed by atoms with Crippen molar-refractivity contribution in [1.29, 1.82) is 5.26 Å². The lowest BCUT2D eigenvalue weighted by Gasteiger charge is -2.39. The van der Waals surface area contributed by atoms with E-state index in [0.29, 0.717) is 18.4 Å². The predicted octanol–water partition coefficient (Wildman–Crippen LogP) is 4.77. The Bertz CT molecular complexity index is 966. The molecule has 3 aliphatic rings. The Morgan fingerprint density at radius 1 is 1.09 bits per heavy atom. The minimum Gasteiger partial charge on any atom is -0.376 e. The molecule has 2 unspecified atom stereocenters. The van der Waals surface area contributed by atoms with E-state index in [2.05, 4.69) is 17.1 Å². The van der Waals surface area contributed by atoms with Gasteiger partial charge in [0.25, 0.3) is 5.91 Å². The summed E-state index contributed by atoms with van der Waals surface area (Å²) in [5.41, 5.74) is -2.93. The third-order valence-corrected chi connectivity index (χ3v) is 7.26. The lowest BCUT2D eigenvalue weighted by Crippen LogP contribution is -2.45. The molecule has 0 radical (unpaired) electrons. The van der Waals surface area contributed by atoms with Crippen LogP contribution in [0.5, 0.6) is 0 Å². The monoisotopic (exact) mass is 459 g/mol. The molecule has 2 saturated carbocycles. The molecular weight excluding hydrogens is 431 g/mol. The zero-order valence-electron chi connectivity index (χ0n) is 18.5. The molecule has 0 bridgehead atoms. The highest BCUT2D eigenvalue weighted by atomic mass is 19.4. The summed E-state index contributed by atoms with van der Waals surface area (Å²) in [5, 5.41) is 19.3. The van der Waals surface area contributed by atoms with Gasteiger partial charge in [-0.15, -0.1) is 0 Å². The van der Waals surface area contributed by atoms with Crippen molar-refractivity contribution in [1.82, 2.24) is 4.90 Å². The molecule has 0 aromatic heterocycles. The second kappa shape index (κ2) is 8.94. The first-order valence-corrected chi connectivity index (χ1v) is 11.5. The van der Waals surface area contributed by atoms with E-state index in [9.17, 15) is 28.3 Å². The van der Waals surface area contributed by atoms with Gasteiger partial charge in [0, 0.05) is 29.8 Å². The van der Waals surface area contributed by atoms with Crippen molar-refractivity contribution in [2.75, 3.05) is 0 Å². The number of nitriles is 1. The number of amides is 1. The Kier molecular flexibility index (Phi) is 6.37. The Morgan fingerprint density at radius 3 is 2.18 bits per heavy atom. The van der Waals surface area contributed by atoms with E-state index in [1.807, 2.05) is 11.0 Å². The summed E-state index contributed by atoms with van der Waals surface area (Å²) in [5.74, 6) is 0.274. The number of aliphatic hydroxyl groups is 1. The maximum absolute atomic E-state index is 13.3. The summed E-state index contributed by atoms with van der Waals surface area (Å²) in [6.07, 6.45) is 6.15. The first-order valence-electron chi connectivity index (χ1n) is 11.5. The topological polar surface area (TPSA) is 76.7 Å². The molecule has 4 rings (SSSR count). The van der Waals surface area contributed by atoms with Crippen molar-refractivity contribution in [3.05, 3.63) is 47.5 Å². The first-order chi connectivity index (χ1) is 15.6. The second-order valence-corrected chi connectivity index (χ2v) is 9.49. The van der Waals surface area contributed by atoms with Crippen LogP contribution in [0.3, 0.4) is 0 Å². The van der Waals surface area contributed by atoms with Gasteiger partial charge in [-0.05, 0) is 75.1 Å². The SMILES string of the molecule is C[C@](O)(c1ccc(C(=O)N(C2CCC(C3C=CC=NC3C#N)CC2)C2CC2)cc1)C(F)(F)F. The molecule has 176 valence electrons. The fraction of sp³-hybridized carbons (Fsp3) is 0.560. The molecule has 5 nitrogen and oxygen atoms in total. The second-order valence-electron chi connectivity index (χ2n) is 9.49. The summed E-state index contributed by atoms with van der Waals surface area (Å²) < 4.78 is 39.4. The van der Waals surface area contributed by atoms with Gasteiger partial charge < -0.3 is 10.0 Å². The van der Waals surface area contributed by atoms with Gasteiger partial charge in [-0.25, -0.2) is 0 Å². The van der Waals surface area contributed by atoms with E-state index >= 15 is 0 Å². The number of aliphatic imine (C=N–C) groups is 1. The molecule has 1 N–H and O–H groups in total. The van der Waals surface area contributed by atoms with Crippen LogP contribution < -0.4 is 0 Å². The highest BCUT2D eigenvalue weighted by molar-refractivity contribution is 5.95. The van der Waals surface area contributed by atoms with E-state index in [4.69, 9.17) is 0 Å². The zero-order valence-corrected chi connectivity index (χ0v) is 18.5. The minimum atomic E-state index is -4.80. The molecule has 1 aliphatic heterocycles. The summed E-state index contributed by atoms with van der Waals surface area (Å²) in [6.45, 7) is 0.711. The van der Waals surface area contributed by atoms with Gasteiger partial charge in [-0.1, -0.05) is 18.2 Å². The molecule has 1 amide bonds. The third kappa shape index (κ3) is 4.70. The van der Waals surface area contributed by atoms with Crippen LogP contribution in [0.1, 0.15) is 61.4 Å².